The first-order valence-electron chi connectivity index (χ1n) is 5.80. The predicted octanol–water partition coefficient (Wildman–Crippen LogP) is 2.71. The summed E-state index contributed by atoms with van der Waals surface area (Å²) in [7, 11) is 0. The summed E-state index contributed by atoms with van der Waals surface area (Å²) >= 11 is 6.79. The van der Waals surface area contributed by atoms with Crippen LogP contribution < -0.4 is 5.32 Å². The van der Waals surface area contributed by atoms with Crippen LogP contribution in [-0.2, 0) is 0 Å². The van der Waals surface area contributed by atoms with E-state index in [0.29, 0.717) is 16.1 Å². The Kier molecular flexibility index (Phi) is 4.69. The lowest BCUT2D eigenvalue weighted by atomic mass is 10.1. The van der Waals surface area contributed by atoms with E-state index < -0.39 is 11.9 Å². The summed E-state index contributed by atoms with van der Waals surface area (Å²) in [5.41, 5.74) is 2.57. The van der Waals surface area contributed by atoms with Crippen molar-refractivity contribution in [3.63, 3.8) is 0 Å². The predicted molar refractivity (Wildman–Crippen MR) is 75.6 cm³/mol. The summed E-state index contributed by atoms with van der Waals surface area (Å²) in [5, 5.41) is 12.5. The maximum atomic E-state index is 13.3. The van der Waals surface area contributed by atoms with Crippen molar-refractivity contribution in [3.05, 3.63) is 50.7 Å². The van der Waals surface area contributed by atoms with E-state index >= 15 is 0 Å². The number of carbonyl (C=O) groups is 1. The number of rotatable bonds is 4. The Labute approximate surface area is 124 Å². The van der Waals surface area contributed by atoms with Crippen molar-refractivity contribution in [1.82, 2.24) is 10.3 Å². The number of amides is 1. The lowest BCUT2D eigenvalue weighted by Crippen LogP contribution is -2.28. The van der Waals surface area contributed by atoms with E-state index in [-0.39, 0.29) is 17.5 Å². The van der Waals surface area contributed by atoms with Gasteiger partial charge in [0.2, 0.25) is 0 Å². The molecule has 0 saturated heterocycles. The van der Waals surface area contributed by atoms with Gasteiger partial charge in [-0.25, -0.2) is 9.37 Å². The molecular weight excluding hydrogens is 303 g/mol. The molecule has 4 nitrogen and oxygen atoms in total. The average molecular weight is 315 g/mol. The highest BCUT2D eigenvalue weighted by molar-refractivity contribution is 7.11. The minimum atomic E-state index is -1.00. The van der Waals surface area contributed by atoms with Gasteiger partial charge < -0.3 is 10.4 Å². The molecule has 2 N–H and O–H groups in total. The standard InChI is InChI=1S/C13H12ClFN2O2S/c1-7-12(20-6-17-7)13(19)16-5-11(18)8-2-3-9(14)10(15)4-8/h2-4,6,11,18H,5H2,1H3,(H,16,19). The van der Waals surface area contributed by atoms with E-state index in [9.17, 15) is 14.3 Å². The number of aliphatic hydroxyl groups excluding tert-OH is 1. The van der Waals surface area contributed by atoms with E-state index in [0.717, 1.165) is 6.07 Å². The van der Waals surface area contributed by atoms with Gasteiger partial charge in [0.15, 0.2) is 0 Å². The van der Waals surface area contributed by atoms with E-state index in [1.165, 1.54) is 23.5 Å². The molecule has 1 heterocycles. The minimum absolute atomic E-state index is 0.00901. The third-order valence-corrected chi connectivity index (χ3v) is 3.97. The van der Waals surface area contributed by atoms with Gasteiger partial charge in [-0.15, -0.1) is 11.3 Å². The van der Waals surface area contributed by atoms with Crippen LogP contribution in [-0.4, -0.2) is 22.5 Å². The number of aryl methyl sites for hydroxylation is 1. The zero-order chi connectivity index (χ0) is 14.7. The van der Waals surface area contributed by atoms with Gasteiger partial charge in [-0.1, -0.05) is 17.7 Å². The molecule has 1 amide bonds. The molecule has 0 aliphatic carbocycles. The fourth-order valence-electron chi connectivity index (χ4n) is 1.63. The van der Waals surface area contributed by atoms with Crippen LogP contribution in [0.25, 0.3) is 0 Å². The number of nitrogens with one attached hydrogen (secondary N) is 1. The van der Waals surface area contributed by atoms with Crippen molar-refractivity contribution >= 4 is 28.8 Å². The molecule has 2 rings (SSSR count). The summed E-state index contributed by atoms with van der Waals surface area (Å²) in [6.07, 6.45) is -1.00. The minimum Gasteiger partial charge on any atom is -0.387 e. The first kappa shape index (κ1) is 14.9. The van der Waals surface area contributed by atoms with Gasteiger partial charge in [0.05, 0.1) is 22.3 Å². The van der Waals surface area contributed by atoms with Crippen LogP contribution in [0.4, 0.5) is 4.39 Å². The molecule has 0 radical (unpaired) electrons. The van der Waals surface area contributed by atoms with Crippen molar-refractivity contribution in [2.45, 2.75) is 13.0 Å². The van der Waals surface area contributed by atoms with Crippen molar-refractivity contribution in [2.75, 3.05) is 6.54 Å². The number of thiazole rings is 1. The molecule has 20 heavy (non-hydrogen) atoms. The normalized spacial score (nSPS) is 12.2. The van der Waals surface area contributed by atoms with Crippen LogP contribution in [0.5, 0.6) is 0 Å². The molecule has 2 aromatic rings. The van der Waals surface area contributed by atoms with E-state index in [4.69, 9.17) is 11.6 Å². The number of carbonyl (C=O) groups excluding carboxylic acids is 1. The zero-order valence-corrected chi connectivity index (χ0v) is 12.1. The lowest BCUT2D eigenvalue weighted by molar-refractivity contribution is 0.0919. The summed E-state index contributed by atoms with van der Waals surface area (Å²) < 4.78 is 13.3. The number of aromatic nitrogens is 1. The Bertz CT molecular complexity index is 633. The number of hydrogen-bond acceptors (Lipinski definition) is 4. The number of nitrogens with zero attached hydrogens (tertiary/aromatic N) is 1. The number of hydrogen-bond donors (Lipinski definition) is 2. The summed E-state index contributed by atoms with van der Waals surface area (Å²) in [6, 6.07) is 4.03. The van der Waals surface area contributed by atoms with E-state index in [1.807, 2.05) is 0 Å². The Morgan fingerprint density at radius 2 is 2.35 bits per heavy atom. The molecule has 106 valence electrons. The van der Waals surface area contributed by atoms with Gasteiger partial charge in [0.1, 0.15) is 10.7 Å². The fraction of sp³-hybridized carbons (Fsp3) is 0.231. The molecule has 0 aliphatic heterocycles. The molecule has 1 unspecified atom stereocenters. The highest BCUT2D eigenvalue weighted by atomic mass is 35.5. The maximum absolute atomic E-state index is 13.3. The molecule has 0 spiro atoms. The summed E-state index contributed by atoms with van der Waals surface area (Å²) in [5.74, 6) is -0.911. The average Bonchev–Trinajstić information content (AvgIpc) is 2.85. The van der Waals surface area contributed by atoms with Gasteiger partial charge in [-0.05, 0) is 24.6 Å². The topological polar surface area (TPSA) is 62.2 Å². The van der Waals surface area contributed by atoms with Crippen LogP contribution in [0.1, 0.15) is 27.0 Å². The van der Waals surface area contributed by atoms with Crippen molar-refractivity contribution < 1.29 is 14.3 Å². The Morgan fingerprint density at radius 1 is 1.60 bits per heavy atom. The largest absolute Gasteiger partial charge is 0.387 e. The second-order valence-electron chi connectivity index (χ2n) is 4.17. The first-order valence-corrected chi connectivity index (χ1v) is 7.06. The maximum Gasteiger partial charge on any atom is 0.263 e. The highest BCUT2D eigenvalue weighted by Crippen LogP contribution is 2.20. The van der Waals surface area contributed by atoms with Crippen molar-refractivity contribution in [3.8, 4) is 0 Å². The van der Waals surface area contributed by atoms with Crippen molar-refractivity contribution in [2.24, 2.45) is 0 Å². The van der Waals surface area contributed by atoms with Gasteiger partial charge >= 0.3 is 0 Å². The SMILES string of the molecule is Cc1ncsc1C(=O)NCC(O)c1ccc(Cl)c(F)c1. The first-order chi connectivity index (χ1) is 9.49. The second-order valence-corrected chi connectivity index (χ2v) is 5.43. The Hall–Kier alpha value is -1.50. The summed E-state index contributed by atoms with van der Waals surface area (Å²) in [6.45, 7) is 1.72. The summed E-state index contributed by atoms with van der Waals surface area (Å²) in [4.78, 5) is 16.3. The smallest absolute Gasteiger partial charge is 0.263 e. The van der Waals surface area contributed by atoms with Gasteiger partial charge in [-0.3, -0.25) is 4.79 Å². The lowest BCUT2D eigenvalue weighted by Gasteiger charge is -2.12. The van der Waals surface area contributed by atoms with Gasteiger partial charge in [0, 0.05) is 6.54 Å². The van der Waals surface area contributed by atoms with Gasteiger partial charge in [-0.2, -0.15) is 0 Å². The number of halogens is 2. The van der Waals surface area contributed by atoms with Gasteiger partial charge in [0.25, 0.3) is 5.91 Å². The molecule has 0 saturated carbocycles. The van der Waals surface area contributed by atoms with Crippen molar-refractivity contribution in [1.29, 1.82) is 0 Å². The Morgan fingerprint density at radius 3 is 2.95 bits per heavy atom. The monoisotopic (exact) mass is 314 g/mol. The molecule has 0 fully saturated rings. The third kappa shape index (κ3) is 3.33. The molecular formula is C13H12ClFN2O2S. The quantitative estimate of drug-likeness (QED) is 0.912. The molecule has 0 aliphatic rings. The van der Waals surface area contributed by atoms with Crippen LogP contribution >= 0.6 is 22.9 Å². The van der Waals surface area contributed by atoms with Crippen LogP contribution in [0.15, 0.2) is 23.7 Å². The van der Waals surface area contributed by atoms with E-state index in [2.05, 4.69) is 10.3 Å². The molecule has 7 heteroatoms. The molecule has 0 bridgehead atoms. The van der Waals surface area contributed by atoms with Crippen LogP contribution in [0.2, 0.25) is 5.02 Å². The molecule has 1 aromatic heterocycles. The highest BCUT2D eigenvalue weighted by Gasteiger charge is 2.15. The molecule has 1 aromatic carbocycles. The van der Waals surface area contributed by atoms with Crippen LogP contribution in [0.3, 0.4) is 0 Å². The number of benzene rings is 1. The Balaban J connectivity index is 1.98. The molecule has 1 atom stereocenters. The number of aliphatic hydroxyl groups is 1. The van der Waals surface area contributed by atoms with Crippen LogP contribution in [0, 0.1) is 12.7 Å². The third-order valence-electron chi connectivity index (χ3n) is 2.74. The second kappa shape index (κ2) is 6.30. The fourth-order valence-corrected chi connectivity index (χ4v) is 2.46. The van der Waals surface area contributed by atoms with E-state index in [1.54, 1.807) is 12.4 Å². The zero-order valence-electron chi connectivity index (χ0n) is 10.6.